The molecule has 0 radical (unpaired) electrons. The highest BCUT2D eigenvalue weighted by Crippen LogP contribution is 2.25. The Morgan fingerprint density at radius 3 is 2.35 bits per heavy atom. The van der Waals surface area contributed by atoms with Gasteiger partial charge in [-0.3, -0.25) is 4.79 Å². The summed E-state index contributed by atoms with van der Waals surface area (Å²) in [6.45, 7) is 2.37. The van der Waals surface area contributed by atoms with Crippen molar-refractivity contribution in [3.63, 3.8) is 0 Å². The minimum Gasteiger partial charge on any atom is -0.355 e. The van der Waals surface area contributed by atoms with Crippen LogP contribution in [0.4, 0.5) is 0 Å². The highest BCUT2D eigenvalue weighted by molar-refractivity contribution is 5.93. The van der Waals surface area contributed by atoms with Gasteiger partial charge in [-0.25, -0.2) is 4.98 Å². The number of benzene rings is 2. The van der Waals surface area contributed by atoms with Gasteiger partial charge in [0.25, 0.3) is 5.91 Å². The summed E-state index contributed by atoms with van der Waals surface area (Å²) in [5, 5.41) is 4.01. The smallest absolute Gasteiger partial charge is 0.276 e. The number of piperidine rings is 1. The van der Waals surface area contributed by atoms with E-state index in [-0.39, 0.29) is 5.91 Å². The number of rotatable bonds is 5. The van der Waals surface area contributed by atoms with Crippen LogP contribution in [0.25, 0.3) is 22.7 Å². The van der Waals surface area contributed by atoms with Gasteiger partial charge in [0.05, 0.1) is 0 Å². The van der Waals surface area contributed by atoms with Gasteiger partial charge >= 0.3 is 0 Å². The third kappa shape index (κ3) is 4.14. The maximum absolute atomic E-state index is 12.9. The molecule has 2 aromatic carbocycles. The van der Waals surface area contributed by atoms with Crippen LogP contribution < -0.4 is 0 Å². The molecule has 2 aromatic heterocycles. The first-order valence-electron chi connectivity index (χ1n) is 10.7. The summed E-state index contributed by atoms with van der Waals surface area (Å²) in [6, 6.07) is 21.7. The number of amides is 1. The predicted molar refractivity (Wildman–Crippen MR) is 118 cm³/mol. The first kappa shape index (κ1) is 19.3. The Morgan fingerprint density at radius 2 is 1.65 bits per heavy atom. The number of aromatic nitrogens is 3. The Bertz CT molecular complexity index is 1140. The molecule has 4 aromatic rings. The van der Waals surface area contributed by atoms with Crippen molar-refractivity contribution >= 4 is 5.91 Å². The number of carbonyl (C=O) groups is 1. The molecule has 0 saturated carbocycles. The zero-order valence-corrected chi connectivity index (χ0v) is 17.2. The maximum atomic E-state index is 12.9. The summed E-state index contributed by atoms with van der Waals surface area (Å²) in [4.78, 5) is 19.3. The van der Waals surface area contributed by atoms with Gasteiger partial charge in [0.15, 0.2) is 11.5 Å². The van der Waals surface area contributed by atoms with Gasteiger partial charge in [-0.05, 0) is 18.8 Å². The molecule has 1 aliphatic rings. The summed E-state index contributed by atoms with van der Waals surface area (Å²) < 4.78 is 7.62. The Morgan fingerprint density at radius 1 is 0.968 bits per heavy atom. The topological polar surface area (TPSA) is 64.2 Å². The number of likely N-dealkylation sites (tertiary alicyclic amines) is 1. The van der Waals surface area contributed by atoms with Crippen LogP contribution in [0.5, 0.6) is 0 Å². The second kappa shape index (κ2) is 8.60. The third-order valence-corrected chi connectivity index (χ3v) is 5.89. The molecule has 0 atom stereocenters. The van der Waals surface area contributed by atoms with E-state index in [2.05, 4.69) is 26.8 Å². The van der Waals surface area contributed by atoms with Crippen LogP contribution in [0.1, 0.15) is 23.3 Å². The van der Waals surface area contributed by atoms with Gasteiger partial charge < -0.3 is 14.0 Å². The molecule has 3 heterocycles. The molecule has 0 unspecified atom stereocenters. The molecule has 1 fully saturated rings. The molecule has 6 nitrogen and oxygen atoms in total. The lowest BCUT2D eigenvalue weighted by atomic mass is 9.96. The van der Waals surface area contributed by atoms with Gasteiger partial charge in [0.1, 0.15) is 5.82 Å². The molecule has 6 heteroatoms. The van der Waals surface area contributed by atoms with E-state index in [4.69, 9.17) is 4.52 Å². The largest absolute Gasteiger partial charge is 0.355 e. The zero-order valence-electron chi connectivity index (χ0n) is 17.2. The monoisotopic (exact) mass is 412 g/mol. The molecular weight excluding hydrogens is 388 g/mol. The molecule has 0 bridgehead atoms. The van der Waals surface area contributed by atoms with E-state index < -0.39 is 0 Å². The van der Waals surface area contributed by atoms with Crippen LogP contribution >= 0.6 is 0 Å². The minimum atomic E-state index is -0.0583. The Balaban J connectivity index is 1.20. The van der Waals surface area contributed by atoms with Crippen LogP contribution in [0.15, 0.2) is 83.6 Å². The Hall–Kier alpha value is -3.67. The van der Waals surface area contributed by atoms with Crippen molar-refractivity contribution in [2.75, 3.05) is 13.1 Å². The lowest BCUT2D eigenvalue weighted by molar-refractivity contribution is 0.0672. The zero-order chi connectivity index (χ0) is 21.0. The van der Waals surface area contributed by atoms with Crippen molar-refractivity contribution in [2.45, 2.75) is 19.4 Å². The number of nitrogens with zero attached hydrogens (tertiary/aromatic N) is 4. The van der Waals surface area contributed by atoms with E-state index in [1.807, 2.05) is 65.8 Å². The molecule has 156 valence electrons. The highest BCUT2D eigenvalue weighted by Gasteiger charge is 2.26. The van der Waals surface area contributed by atoms with Crippen LogP contribution in [-0.4, -0.2) is 38.6 Å². The van der Waals surface area contributed by atoms with Crippen molar-refractivity contribution in [1.29, 1.82) is 0 Å². The van der Waals surface area contributed by atoms with E-state index in [1.165, 1.54) is 0 Å². The van der Waals surface area contributed by atoms with Gasteiger partial charge in [0, 0.05) is 49.2 Å². The fourth-order valence-corrected chi connectivity index (χ4v) is 4.18. The molecular formula is C25H24N4O2. The summed E-state index contributed by atoms with van der Waals surface area (Å²) in [6.07, 6.45) is 5.82. The quantitative estimate of drug-likeness (QED) is 0.474. The molecule has 0 spiro atoms. The second-order valence-electron chi connectivity index (χ2n) is 7.95. The van der Waals surface area contributed by atoms with E-state index in [1.54, 1.807) is 6.07 Å². The number of imidazole rings is 1. The summed E-state index contributed by atoms with van der Waals surface area (Å²) in [5.74, 6) is 2.07. The average Bonchev–Trinajstić information content (AvgIpc) is 3.50. The fourth-order valence-electron chi connectivity index (χ4n) is 4.18. The van der Waals surface area contributed by atoms with Crippen molar-refractivity contribution < 1.29 is 9.32 Å². The Labute approximate surface area is 181 Å². The van der Waals surface area contributed by atoms with E-state index in [0.717, 1.165) is 49.4 Å². The molecule has 0 N–H and O–H groups in total. The van der Waals surface area contributed by atoms with Gasteiger partial charge in [0.2, 0.25) is 0 Å². The Kier molecular flexibility index (Phi) is 5.35. The molecule has 1 aliphatic heterocycles. The fraction of sp³-hybridized carbons (Fsp3) is 0.240. The van der Waals surface area contributed by atoms with E-state index >= 15 is 0 Å². The number of carbonyl (C=O) groups excluding carboxylic acids is 1. The molecule has 1 amide bonds. The molecule has 0 aliphatic carbocycles. The average molecular weight is 412 g/mol. The van der Waals surface area contributed by atoms with E-state index in [9.17, 15) is 4.79 Å². The first-order valence-corrected chi connectivity index (χ1v) is 10.7. The van der Waals surface area contributed by atoms with Gasteiger partial charge in [-0.2, -0.15) is 0 Å². The first-order chi connectivity index (χ1) is 15.3. The normalized spacial score (nSPS) is 14.6. The maximum Gasteiger partial charge on any atom is 0.276 e. The highest BCUT2D eigenvalue weighted by atomic mass is 16.5. The van der Waals surface area contributed by atoms with Crippen molar-refractivity contribution in [3.05, 3.63) is 84.8 Å². The SMILES string of the molecule is O=C(c1cc(-c2ccccc2)on1)N1CCC(Cn2ccnc2-c2ccccc2)CC1. The van der Waals surface area contributed by atoms with Crippen LogP contribution in [0.3, 0.4) is 0 Å². The van der Waals surface area contributed by atoms with Crippen molar-refractivity contribution in [2.24, 2.45) is 5.92 Å². The van der Waals surface area contributed by atoms with Gasteiger partial charge in [-0.15, -0.1) is 0 Å². The van der Waals surface area contributed by atoms with Crippen LogP contribution in [-0.2, 0) is 6.54 Å². The number of hydrogen-bond donors (Lipinski definition) is 0. The lowest BCUT2D eigenvalue weighted by Gasteiger charge is -2.31. The molecule has 5 rings (SSSR count). The van der Waals surface area contributed by atoms with Gasteiger partial charge in [-0.1, -0.05) is 65.8 Å². The summed E-state index contributed by atoms with van der Waals surface area (Å²) in [5.41, 5.74) is 2.42. The number of hydrogen-bond acceptors (Lipinski definition) is 4. The standard InChI is InChI=1S/C25H24N4O2/c30-25(22-17-23(31-27-22)20-7-3-1-4-8-20)28-14-11-19(12-15-28)18-29-16-13-26-24(29)21-9-5-2-6-10-21/h1-10,13,16-17,19H,11-12,14-15,18H2. The van der Waals surface area contributed by atoms with Crippen molar-refractivity contribution in [1.82, 2.24) is 19.6 Å². The molecule has 31 heavy (non-hydrogen) atoms. The van der Waals surface area contributed by atoms with Crippen molar-refractivity contribution in [3.8, 4) is 22.7 Å². The van der Waals surface area contributed by atoms with Crippen LogP contribution in [0.2, 0.25) is 0 Å². The summed E-state index contributed by atoms with van der Waals surface area (Å²) >= 11 is 0. The van der Waals surface area contributed by atoms with Crippen LogP contribution in [0, 0.1) is 5.92 Å². The predicted octanol–water partition coefficient (Wildman–Crippen LogP) is 4.76. The lowest BCUT2D eigenvalue weighted by Crippen LogP contribution is -2.39. The van der Waals surface area contributed by atoms with E-state index in [0.29, 0.717) is 17.4 Å². The summed E-state index contributed by atoms with van der Waals surface area (Å²) in [7, 11) is 0. The minimum absolute atomic E-state index is 0.0583. The third-order valence-electron chi connectivity index (χ3n) is 5.89. The molecule has 1 saturated heterocycles. The second-order valence-corrected chi connectivity index (χ2v) is 7.95.